The number of nitrogens with zero attached hydrogens (tertiary/aromatic N) is 4. The Labute approximate surface area is 210 Å². The van der Waals surface area contributed by atoms with Crippen LogP contribution in [0.15, 0.2) is 97.3 Å². The Hall–Kier alpha value is -4.36. The summed E-state index contributed by atoms with van der Waals surface area (Å²) < 4.78 is 5.06. The van der Waals surface area contributed by atoms with Gasteiger partial charge < -0.3 is 15.4 Å². The fraction of sp³-hybridized carbons (Fsp3) is 0.172. The van der Waals surface area contributed by atoms with Crippen LogP contribution in [0.1, 0.15) is 17.0 Å². The average molecular weight is 477 g/mol. The molecule has 5 aromatic rings. The Morgan fingerprint density at radius 2 is 1.39 bits per heavy atom. The summed E-state index contributed by atoms with van der Waals surface area (Å²) in [4.78, 5) is 18.5. The number of rotatable bonds is 10. The van der Waals surface area contributed by atoms with Gasteiger partial charge in [0.25, 0.3) is 0 Å². The first-order valence-electron chi connectivity index (χ1n) is 12.0. The maximum Gasteiger partial charge on any atom is 0.222 e. The summed E-state index contributed by atoms with van der Waals surface area (Å²) in [6, 6.07) is 29.1. The third-order valence-corrected chi connectivity index (χ3v) is 5.98. The number of methoxy groups -OCH3 is 1. The van der Waals surface area contributed by atoms with E-state index >= 15 is 0 Å². The minimum atomic E-state index is 0.172. The monoisotopic (exact) mass is 476 g/mol. The molecule has 2 N–H and O–H groups in total. The van der Waals surface area contributed by atoms with Crippen molar-refractivity contribution in [3.8, 4) is 11.4 Å². The van der Waals surface area contributed by atoms with Crippen LogP contribution in [0, 0.1) is 0 Å². The van der Waals surface area contributed by atoms with Crippen LogP contribution >= 0.6 is 0 Å². The van der Waals surface area contributed by atoms with Gasteiger partial charge in [0.05, 0.1) is 17.7 Å². The molecule has 5 rings (SSSR count). The largest absolute Gasteiger partial charge is 0.383 e. The van der Waals surface area contributed by atoms with E-state index in [1.54, 1.807) is 19.5 Å². The Kier molecular flexibility index (Phi) is 7.39. The van der Waals surface area contributed by atoms with E-state index in [1.165, 1.54) is 11.1 Å². The van der Waals surface area contributed by atoms with Gasteiger partial charge >= 0.3 is 0 Å². The first-order valence-corrected chi connectivity index (χ1v) is 12.0. The molecule has 0 fully saturated rings. The van der Waals surface area contributed by atoms with Gasteiger partial charge in [0.15, 0.2) is 5.82 Å². The topological polar surface area (TPSA) is 84.9 Å². The molecule has 36 heavy (non-hydrogen) atoms. The highest BCUT2D eigenvalue weighted by molar-refractivity contribution is 5.90. The number of benzene rings is 3. The van der Waals surface area contributed by atoms with Gasteiger partial charge in [0.1, 0.15) is 5.82 Å². The predicted octanol–water partition coefficient (Wildman–Crippen LogP) is 5.39. The second-order valence-corrected chi connectivity index (χ2v) is 8.38. The molecule has 0 saturated carbocycles. The highest BCUT2D eigenvalue weighted by Crippen LogP contribution is 2.28. The minimum absolute atomic E-state index is 0.172. The molecule has 0 aliphatic heterocycles. The van der Waals surface area contributed by atoms with Crippen molar-refractivity contribution in [2.24, 2.45) is 0 Å². The molecule has 0 aliphatic rings. The summed E-state index contributed by atoms with van der Waals surface area (Å²) in [6.45, 7) is 1.91. The molecule has 2 heterocycles. The van der Waals surface area contributed by atoms with Gasteiger partial charge in [-0.2, -0.15) is 0 Å². The van der Waals surface area contributed by atoms with Crippen molar-refractivity contribution in [3.63, 3.8) is 0 Å². The zero-order chi connectivity index (χ0) is 24.6. The van der Waals surface area contributed by atoms with Crippen molar-refractivity contribution >= 4 is 22.7 Å². The molecule has 0 saturated heterocycles. The van der Waals surface area contributed by atoms with Gasteiger partial charge in [-0.15, -0.1) is 0 Å². The standard InChI is InChI=1S/C29H28N6O/c1-36-17-16-30-29-32-18-23(19-33-29)27-34-26-15-9-8-14-24(26)28(35-27)31-20-25(21-10-4-2-5-11-21)22-12-6-3-7-13-22/h2-15,18-19,25H,16-17,20H2,1H3,(H,30,32,33)(H,31,34,35). The number of hydrogen-bond donors (Lipinski definition) is 2. The molecule has 0 unspecified atom stereocenters. The molecule has 180 valence electrons. The lowest BCUT2D eigenvalue weighted by atomic mass is 9.91. The summed E-state index contributed by atoms with van der Waals surface area (Å²) in [5.74, 6) is 2.08. The van der Waals surface area contributed by atoms with E-state index in [-0.39, 0.29) is 5.92 Å². The van der Waals surface area contributed by atoms with E-state index in [2.05, 4.69) is 69.1 Å². The molecule has 0 radical (unpaired) electrons. The summed E-state index contributed by atoms with van der Waals surface area (Å²) in [5.41, 5.74) is 4.12. The zero-order valence-electron chi connectivity index (χ0n) is 20.1. The summed E-state index contributed by atoms with van der Waals surface area (Å²) in [7, 11) is 1.66. The van der Waals surface area contributed by atoms with E-state index in [0.29, 0.717) is 31.5 Å². The molecule has 0 atom stereocenters. The van der Waals surface area contributed by atoms with E-state index < -0.39 is 0 Å². The molecule has 2 aromatic heterocycles. The normalized spacial score (nSPS) is 11.1. The molecule has 7 nitrogen and oxygen atoms in total. The molecule has 7 heteroatoms. The van der Waals surface area contributed by atoms with Gasteiger partial charge in [-0.3, -0.25) is 0 Å². The Morgan fingerprint density at radius 3 is 2.06 bits per heavy atom. The quantitative estimate of drug-likeness (QED) is 0.261. The van der Waals surface area contributed by atoms with Gasteiger partial charge in [0.2, 0.25) is 5.95 Å². The van der Waals surface area contributed by atoms with Crippen molar-refractivity contribution in [3.05, 3.63) is 108 Å². The molecule has 0 amide bonds. The fourth-order valence-corrected chi connectivity index (χ4v) is 4.14. The lowest BCUT2D eigenvalue weighted by Crippen LogP contribution is -2.15. The van der Waals surface area contributed by atoms with Gasteiger partial charge in [-0.05, 0) is 23.3 Å². The van der Waals surface area contributed by atoms with Crippen molar-refractivity contribution in [2.75, 3.05) is 37.4 Å². The molecule has 3 aromatic carbocycles. The van der Waals surface area contributed by atoms with Gasteiger partial charge in [-0.25, -0.2) is 19.9 Å². The van der Waals surface area contributed by atoms with Crippen LogP contribution in [0.4, 0.5) is 11.8 Å². The second kappa shape index (κ2) is 11.4. The molecular weight excluding hydrogens is 448 g/mol. The first kappa shape index (κ1) is 23.4. The summed E-state index contributed by atoms with van der Waals surface area (Å²) in [6.07, 6.45) is 3.49. The zero-order valence-corrected chi connectivity index (χ0v) is 20.1. The minimum Gasteiger partial charge on any atom is -0.383 e. The summed E-state index contributed by atoms with van der Waals surface area (Å²) in [5, 5.41) is 7.72. The van der Waals surface area contributed by atoms with Crippen LogP contribution in [0.25, 0.3) is 22.3 Å². The molecule has 0 spiro atoms. The van der Waals surface area contributed by atoms with E-state index in [0.717, 1.165) is 22.3 Å². The highest BCUT2D eigenvalue weighted by atomic mass is 16.5. The number of hydrogen-bond acceptors (Lipinski definition) is 7. The highest BCUT2D eigenvalue weighted by Gasteiger charge is 2.16. The van der Waals surface area contributed by atoms with Crippen LogP contribution in [0.2, 0.25) is 0 Å². The lowest BCUT2D eigenvalue weighted by molar-refractivity contribution is 0.210. The molecule has 0 aliphatic carbocycles. The number of para-hydroxylation sites is 1. The smallest absolute Gasteiger partial charge is 0.222 e. The Bertz CT molecular complexity index is 1350. The second-order valence-electron chi connectivity index (χ2n) is 8.38. The fourth-order valence-electron chi connectivity index (χ4n) is 4.14. The van der Waals surface area contributed by atoms with Crippen LogP contribution in [-0.4, -0.2) is 46.7 Å². The number of ether oxygens (including phenoxy) is 1. The van der Waals surface area contributed by atoms with Crippen LogP contribution in [-0.2, 0) is 4.74 Å². The number of anilines is 2. The van der Waals surface area contributed by atoms with Crippen LogP contribution in [0.3, 0.4) is 0 Å². The van der Waals surface area contributed by atoms with Crippen molar-refractivity contribution in [1.82, 2.24) is 19.9 Å². The lowest BCUT2D eigenvalue weighted by Gasteiger charge is -2.20. The van der Waals surface area contributed by atoms with E-state index in [9.17, 15) is 0 Å². The average Bonchev–Trinajstić information content (AvgIpc) is 2.95. The van der Waals surface area contributed by atoms with Crippen molar-refractivity contribution in [2.45, 2.75) is 5.92 Å². The maximum atomic E-state index is 5.06. The van der Waals surface area contributed by atoms with Crippen molar-refractivity contribution in [1.29, 1.82) is 0 Å². The predicted molar refractivity (Wildman–Crippen MR) is 144 cm³/mol. The maximum absolute atomic E-state index is 5.06. The SMILES string of the molecule is COCCNc1ncc(-c2nc(NCC(c3ccccc3)c3ccccc3)c3ccccc3n2)cn1. The molecular formula is C29H28N6O. The third kappa shape index (κ3) is 5.47. The van der Waals surface area contributed by atoms with Gasteiger partial charge in [0, 0.05) is 43.9 Å². The van der Waals surface area contributed by atoms with Crippen LogP contribution < -0.4 is 10.6 Å². The van der Waals surface area contributed by atoms with Crippen LogP contribution in [0.5, 0.6) is 0 Å². The number of fused-ring (bicyclic) bond motifs is 1. The molecule has 0 bridgehead atoms. The van der Waals surface area contributed by atoms with E-state index in [4.69, 9.17) is 14.7 Å². The van der Waals surface area contributed by atoms with Gasteiger partial charge in [-0.1, -0.05) is 72.8 Å². The number of nitrogens with one attached hydrogen (secondary N) is 2. The van der Waals surface area contributed by atoms with E-state index in [1.807, 2.05) is 36.4 Å². The summed E-state index contributed by atoms with van der Waals surface area (Å²) >= 11 is 0. The Balaban J connectivity index is 1.45. The van der Waals surface area contributed by atoms with Crippen molar-refractivity contribution < 1.29 is 4.74 Å². The first-order chi connectivity index (χ1) is 17.8. The third-order valence-electron chi connectivity index (χ3n) is 5.98. The number of aromatic nitrogens is 4. The Morgan fingerprint density at radius 1 is 0.750 bits per heavy atom.